The monoisotopic (exact) mass is 262 g/mol. The second-order valence-corrected chi connectivity index (χ2v) is 4.61. The summed E-state index contributed by atoms with van der Waals surface area (Å²) in [6.07, 6.45) is 1.68. The molecular weight excluding hydrogens is 244 g/mol. The topological polar surface area (TPSA) is 87.1 Å². The molecule has 0 bridgehead atoms. The number of nitrogens with zero attached hydrogens (tertiary/aromatic N) is 3. The lowest BCUT2D eigenvalue weighted by Gasteiger charge is -2.19. The molecular formula is C13H18N4O2. The van der Waals surface area contributed by atoms with Gasteiger partial charge in [0.1, 0.15) is 5.60 Å². The van der Waals surface area contributed by atoms with Crippen molar-refractivity contribution in [1.82, 2.24) is 15.1 Å². The summed E-state index contributed by atoms with van der Waals surface area (Å²) in [5.41, 5.74) is 6.58. The van der Waals surface area contributed by atoms with Crippen molar-refractivity contribution >= 4 is 0 Å². The Morgan fingerprint density at radius 2 is 2.21 bits per heavy atom. The molecule has 2 aromatic rings. The molecule has 6 heteroatoms. The Morgan fingerprint density at radius 1 is 1.42 bits per heavy atom. The highest BCUT2D eigenvalue weighted by Gasteiger charge is 2.27. The van der Waals surface area contributed by atoms with E-state index in [4.69, 9.17) is 15.0 Å². The molecule has 0 radical (unpaired) electrons. The third kappa shape index (κ3) is 2.97. The van der Waals surface area contributed by atoms with Gasteiger partial charge in [0.25, 0.3) is 5.89 Å². The average Bonchev–Trinajstić information content (AvgIpc) is 2.89. The minimum absolute atomic E-state index is 0.374. The van der Waals surface area contributed by atoms with E-state index in [1.165, 1.54) is 0 Å². The Labute approximate surface area is 112 Å². The predicted molar refractivity (Wildman–Crippen MR) is 70.1 cm³/mol. The van der Waals surface area contributed by atoms with Crippen molar-refractivity contribution in [3.63, 3.8) is 0 Å². The first-order chi connectivity index (χ1) is 9.06. The summed E-state index contributed by atoms with van der Waals surface area (Å²) < 4.78 is 10.9. The van der Waals surface area contributed by atoms with Gasteiger partial charge in [0.2, 0.25) is 5.82 Å². The minimum Gasteiger partial charge on any atom is -0.368 e. The molecule has 0 unspecified atom stereocenters. The van der Waals surface area contributed by atoms with Crippen molar-refractivity contribution in [2.24, 2.45) is 5.73 Å². The van der Waals surface area contributed by atoms with Crippen LogP contribution in [0.5, 0.6) is 0 Å². The van der Waals surface area contributed by atoms with E-state index in [9.17, 15) is 0 Å². The Bertz CT molecular complexity index is 551. The van der Waals surface area contributed by atoms with E-state index in [1.807, 2.05) is 32.9 Å². The molecule has 6 nitrogen and oxygen atoms in total. The van der Waals surface area contributed by atoms with Crippen LogP contribution in [0.25, 0.3) is 11.5 Å². The summed E-state index contributed by atoms with van der Waals surface area (Å²) >= 11 is 0. The van der Waals surface area contributed by atoms with E-state index in [-0.39, 0.29) is 0 Å². The molecule has 0 saturated carbocycles. The molecule has 0 saturated heterocycles. The maximum absolute atomic E-state index is 5.59. The van der Waals surface area contributed by atoms with Gasteiger partial charge in [-0.15, -0.1) is 0 Å². The zero-order chi connectivity index (χ0) is 13.9. The summed E-state index contributed by atoms with van der Waals surface area (Å²) in [7, 11) is 0. The van der Waals surface area contributed by atoms with E-state index in [1.54, 1.807) is 6.20 Å². The molecule has 0 fully saturated rings. The SMILES string of the molecule is CCOC(C)(C)c1noc(-c2ccnc(CN)c2)n1. The Morgan fingerprint density at radius 3 is 2.89 bits per heavy atom. The van der Waals surface area contributed by atoms with Gasteiger partial charge in [-0.2, -0.15) is 4.98 Å². The molecule has 102 valence electrons. The van der Waals surface area contributed by atoms with Crippen LogP contribution < -0.4 is 5.73 Å². The van der Waals surface area contributed by atoms with Crippen LogP contribution in [-0.4, -0.2) is 21.7 Å². The molecule has 2 aromatic heterocycles. The minimum atomic E-state index is -0.569. The summed E-state index contributed by atoms with van der Waals surface area (Å²) in [5.74, 6) is 0.968. The zero-order valence-electron chi connectivity index (χ0n) is 11.4. The van der Waals surface area contributed by atoms with E-state index in [2.05, 4.69) is 15.1 Å². The standard InChI is InChI=1S/C13H18N4O2/c1-4-18-13(2,3)12-16-11(19-17-12)9-5-6-15-10(7-9)8-14/h5-7H,4,8,14H2,1-3H3. The Balaban J connectivity index is 2.30. The van der Waals surface area contributed by atoms with Crippen molar-refractivity contribution in [2.45, 2.75) is 32.9 Å². The lowest BCUT2D eigenvalue weighted by molar-refractivity contribution is -0.0221. The Hall–Kier alpha value is -1.79. The number of ether oxygens (including phenoxy) is 1. The highest BCUT2D eigenvalue weighted by atomic mass is 16.5. The molecule has 0 aliphatic rings. The first-order valence-electron chi connectivity index (χ1n) is 6.20. The van der Waals surface area contributed by atoms with Gasteiger partial charge in [-0.05, 0) is 32.9 Å². The number of hydrogen-bond donors (Lipinski definition) is 1. The second kappa shape index (κ2) is 5.46. The van der Waals surface area contributed by atoms with Gasteiger partial charge in [-0.1, -0.05) is 5.16 Å². The zero-order valence-corrected chi connectivity index (χ0v) is 11.4. The average molecular weight is 262 g/mol. The van der Waals surface area contributed by atoms with E-state index in [0.29, 0.717) is 24.9 Å². The lowest BCUT2D eigenvalue weighted by atomic mass is 10.1. The summed E-state index contributed by atoms with van der Waals surface area (Å²) in [4.78, 5) is 8.50. The number of hydrogen-bond acceptors (Lipinski definition) is 6. The molecule has 2 heterocycles. The van der Waals surface area contributed by atoms with Gasteiger partial charge in [-0.25, -0.2) is 0 Å². The van der Waals surface area contributed by atoms with Crippen molar-refractivity contribution in [3.8, 4) is 11.5 Å². The summed E-state index contributed by atoms with van der Waals surface area (Å²) in [6.45, 7) is 6.70. The van der Waals surface area contributed by atoms with Gasteiger partial charge in [-0.3, -0.25) is 4.98 Å². The summed E-state index contributed by atoms with van der Waals surface area (Å²) in [5, 5.41) is 3.98. The van der Waals surface area contributed by atoms with Crippen LogP contribution in [-0.2, 0) is 16.9 Å². The smallest absolute Gasteiger partial charge is 0.258 e. The van der Waals surface area contributed by atoms with Crippen LogP contribution in [0, 0.1) is 0 Å². The predicted octanol–water partition coefficient (Wildman–Crippen LogP) is 1.86. The molecule has 0 atom stereocenters. The highest BCUT2D eigenvalue weighted by molar-refractivity contribution is 5.52. The van der Waals surface area contributed by atoms with Crippen LogP contribution in [0.1, 0.15) is 32.3 Å². The van der Waals surface area contributed by atoms with E-state index < -0.39 is 5.60 Å². The molecule has 2 N–H and O–H groups in total. The van der Waals surface area contributed by atoms with Crippen LogP contribution >= 0.6 is 0 Å². The van der Waals surface area contributed by atoms with Gasteiger partial charge >= 0.3 is 0 Å². The molecule has 0 amide bonds. The van der Waals surface area contributed by atoms with Crippen LogP contribution in [0.15, 0.2) is 22.9 Å². The summed E-state index contributed by atoms with van der Waals surface area (Å²) in [6, 6.07) is 3.65. The maximum atomic E-state index is 5.59. The van der Waals surface area contributed by atoms with E-state index >= 15 is 0 Å². The fourth-order valence-electron chi connectivity index (χ4n) is 1.73. The van der Waals surface area contributed by atoms with Crippen molar-refractivity contribution < 1.29 is 9.26 Å². The quantitative estimate of drug-likeness (QED) is 0.885. The van der Waals surface area contributed by atoms with Crippen LogP contribution in [0.4, 0.5) is 0 Å². The third-order valence-corrected chi connectivity index (χ3v) is 2.74. The molecule has 2 rings (SSSR count). The fourth-order valence-corrected chi connectivity index (χ4v) is 1.73. The van der Waals surface area contributed by atoms with Crippen molar-refractivity contribution in [3.05, 3.63) is 29.8 Å². The first kappa shape index (κ1) is 13.6. The molecule has 0 aliphatic heterocycles. The molecule has 19 heavy (non-hydrogen) atoms. The largest absolute Gasteiger partial charge is 0.368 e. The Kier molecular flexibility index (Phi) is 3.92. The second-order valence-electron chi connectivity index (χ2n) is 4.61. The molecule has 0 spiro atoms. The number of aromatic nitrogens is 3. The third-order valence-electron chi connectivity index (χ3n) is 2.74. The van der Waals surface area contributed by atoms with E-state index in [0.717, 1.165) is 11.3 Å². The number of nitrogens with two attached hydrogens (primary N) is 1. The highest BCUT2D eigenvalue weighted by Crippen LogP contribution is 2.25. The van der Waals surface area contributed by atoms with Gasteiger partial charge in [0, 0.05) is 24.9 Å². The maximum Gasteiger partial charge on any atom is 0.258 e. The van der Waals surface area contributed by atoms with Gasteiger partial charge in [0.15, 0.2) is 0 Å². The lowest BCUT2D eigenvalue weighted by Crippen LogP contribution is -2.23. The van der Waals surface area contributed by atoms with Crippen molar-refractivity contribution in [1.29, 1.82) is 0 Å². The molecule has 0 aliphatic carbocycles. The van der Waals surface area contributed by atoms with Crippen LogP contribution in [0.3, 0.4) is 0 Å². The normalized spacial score (nSPS) is 11.8. The molecule has 0 aromatic carbocycles. The first-order valence-corrected chi connectivity index (χ1v) is 6.20. The van der Waals surface area contributed by atoms with Crippen molar-refractivity contribution in [2.75, 3.05) is 6.61 Å². The van der Waals surface area contributed by atoms with Crippen LogP contribution in [0.2, 0.25) is 0 Å². The fraction of sp³-hybridized carbons (Fsp3) is 0.462. The van der Waals surface area contributed by atoms with Gasteiger partial charge in [0.05, 0.1) is 5.69 Å². The number of pyridine rings is 1. The number of rotatable bonds is 5. The van der Waals surface area contributed by atoms with Gasteiger partial charge < -0.3 is 15.0 Å².